The third kappa shape index (κ3) is 3.85. The Balaban J connectivity index is 1.28. The van der Waals surface area contributed by atoms with Crippen molar-refractivity contribution in [3.63, 3.8) is 0 Å². The van der Waals surface area contributed by atoms with Crippen LogP contribution in [0, 0.1) is 5.92 Å². The van der Waals surface area contributed by atoms with E-state index in [2.05, 4.69) is 27.1 Å². The van der Waals surface area contributed by atoms with Crippen LogP contribution in [0.25, 0.3) is 0 Å². The molecule has 1 amide bonds. The van der Waals surface area contributed by atoms with Gasteiger partial charge in [-0.2, -0.15) is 0 Å². The van der Waals surface area contributed by atoms with E-state index in [1.54, 1.807) is 12.4 Å². The molecule has 2 saturated heterocycles. The lowest BCUT2D eigenvalue weighted by atomic mass is 9.88. The van der Waals surface area contributed by atoms with Gasteiger partial charge in [-0.15, -0.1) is 0 Å². The Morgan fingerprint density at radius 2 is 1.91 bits per heavy atom. The summed E-state index contributed by atoms with van der Waals surface area (Å²) in [5.74, 6) is 1.29. The molecular weight excluding hydrogens is 449 g/mol. The number of halogens is 2. The Bertz CT molecular complexity index is 1030. The number of nitrogens with one attached hydrogen (secondary N) is 1. The van der Waals surface area contributed by atoms with Gasteiger partial charge in [-0.1, -0.05) is 36.2 Å². The van der Waals surface area contributed by atoms with E-state index in [0.29, 0.717) is 36.1 Å². The first-order chi connectivity index (χ1) is 15.4. The number of anilines is 1. The minimum atomic E-state index is -0.516. The van der Waals surface area contributed by atoms with Crippen LogP contribution in [0.2, 0.25) is 10.0 Å². The number of rotatable bonds is 3. The molecule has 1 aromatic carbocycles. The Morgan fingerprint density at radius 3 is 2.66 bits per heavy atom. The summed E-state index contributed by atoms with van der Waals surface area (Å²) >= 11 is 12.3. The summed E-state index contributed by atoms with van der Waals surface area (Å²) in [6, 6.07) is 5.65. The SMILES string of the molecule is C[C@@H]1C[C@@H](O)c2ncnc(N3CCN(C(=O)[C@@H]4CNC[C@H]4c4ccc(Cl)c(Cl)c4)CC3)c21. The van der Waals surface area contributed by atoms with Crippen molar-refractivity contribution in [3.8, 4) is 0 Å². The molecule has 2 aromatic rings. The summed E-state index contributed by atoms with van der Waals surface area (Å²) in [5.41, 5.74) is 2.85. The lowest BCUT2D eigenvalue weighted by Crippen LogP contribution is -2.51. The maximum Gasteiger partial charge on any atom is 0.227 e. The number of nitrogens with zero attached hydrogens (tertiary/aromatic N) is 4. The number of amides is 1. The Kier molecular flexibility index (Phi) is 6.01. The lowest BCUT2D eigenvalue weighted by molar-refractivity contribution is -0.135. The fourth-order valence-corrected chi connectivity index (χ4v) is 5.67. The predicted molar refractivity (Wildman–Crippen MR) is 124 cm³/mol. The number of hydrogen-bond acceptors (Lipinski definition) is 6. The van der Waals surface area contributed by atoms with Gasteiger partial charge in [0.25, 0.3) is 0 Å². The van der Waals surface area contributed by atoms with Gasteiger partial charge in [0.15, 0.2) is 0 Å². The maximum atomic E-state index is 13.4. The van der Waals surface area contributed by atoms with Gasteiger partial charge in [-0.25, -0.2) is 9.97 Å². The number of aromatic nitrogens is 2. The number of aliphatic hydroxyl groups is 1. The summed E-state index contributed by atoms with van der Waals surface area (Å²) in [6.45, 7) is 6.27. The average molecular weight is 476 g/mol. The van der Waals surface area contributed by atoms with Crippen molar-refractivity contribution in [1.82, 2.24) is 20.2 Å². The normalized spacial score (nSPS) is 27.6. The van der Waals surface area contributed by atoms with Crippen LogP contribution >= 0.6 is 23.2 Å². The molecule has 0 saturated carbocycles. The van der Waals surface area contributed by atoms with Crippen LogP contribution in [-0.4, -0.2) is 65.2 Å². The van der Waals surface area contributed by atoms with Crippen molar-refractivity contribution < 1.29 is 9.90 Å². The number of carbonyl (C=O) groups is 1. The minimum Gasteiger partial charge on any atom is -0.387 e. The summed E-state index contributed by atoms with van der Waals surface area (Å²) in [5, 5.41) is 14.7. The Morgan fingerprint density at radius 1 is 1.12 bits per heavy atom. The molecule has 5 rings (SSSR count). The largest absolute Gasteiger partial charge is 0.387 e. The molecule has 2 N–H and O–H groups in total. The Labute approximate surface area is 197 Å². The van der Waals surface area contributed by atoms with E-state index < -0.39 is 6.10 Å². The highest BCUT2D eigenvalue weighted by Crippen LogP contribution is 2.43. The van der Waals surface area contributed by atoms with Gasteiger partial charge in [-0.3, -0.25) is 4.79 Å². The van der Waals surface area contributed by atoms with Crippen molar-refractivity contribution in [1.29, 1.82) is 0 Å². The third-order valence-electron chi connectivity index (χ3n) is 7.07. The van der Waals surface area contributed by atoms with Gasteiger partial charge in [0.2, 0.25) is 5.91 Å². The molecule has 3 heterocycles. The third-order valence-corrected chi connectivity index (χ3v) is 7.81. The molecule has 0 radical (unpaired) electrons. The number of aliphatic hydroxyl groups excluding tert-OH is 1. The van der Waals surface area contributed by atoms with E-state index in [1.807, 2.05) is 17.0 Å². The number of fused-ring (bicyclic) bond motifs is 1. The highest BCUT2D eigenvalue weighted by atomic mass is 35.5. The molecular formula is C23H27Cl2N5O2. The molecule has 3 aliphatic rings. The molecule has 9 heteroatoms. The molecule has 2 aliphatic heterocycles. The summed E-state index contributed by atoms with van der Waals surface area (Å²) in [6.07, 6.45) is 1.71. The van der Waals surface area contributed by atoms with Crippen LogP contribution in [0.3, 0.4) is 0 Å². The van der Waals surface area contributed by atoms with Gasteiger partial charge in [0.05, 0.1) is 27.8 Å². The zero-order valence-corrected chi connectivity index (χ0v) is 19.5. The molecule has 1 aliphatic carbocycles. The molecule has 170 valence electrons. The minimum absolute atomic E-state index is 0.0859. The molecule has 0 unspecified atom stereocenters. The second-order valence-electron chi connectivity index (χ2n) is 9.01. The van der Waals surface area contributed by atoms with E-state index in [0.717, 1.165) is 42.3 Å². The molecule has 0 spiro atoms. The fourth-order valence-electron chi connectivity index (χ4n) is 5.36. The average Bonchev–Trinajstić information content (AvgIpc) is 3.40. The first-order valence-electron chi connectivity index (χ1n) is 11.2. The predicted octanol–water partition coefficient (Wildman–Crippen LogP) is 2.98. The van der Waals surface area contributed by atoms with Gasteiger partial charge >= 0.3 is 0 Å². The topological polar surface area (TPSA) is 81.6 Å². The van der Waals surface area contributed by atoms with E-state index >= 15 is 0 Å². The van der Waals surface area contributed by atoms with E-state index in [4.69, 9.17) is 23.2 Å². The summed E-state index contributed by atoms with van der Waals surface area (Å²) in [7, 11) is 0. The lowest BCUT2D eigenvalue weighted by Gasteiger charge is -2.38. The number of hydrogen-bond donors (Lipinski definition) is 2. The van der Waals surface area contributed by atoms with Crippen LogP contribution < -0.4 is 10.2 Å². The van der Waals surface area contributed by atoms with Crippen molar-refractivity contribution in [3.05, 3.63) is 51.4 Å². The zero-order valence-electron chi connectivity index (χ0n) is 18.0. The highest BCUT2D eigenvalue weighted by molar-refractivity contribution is 6.42. The summed E-state index contributed by atoms with van der Waals surface area (Å²) < 4.78 is 0. The standard InChI is InChI=1S/C23H27Cl2N5O2/c1-13-8-19(31)21-20(13)22(28-12-27-21)29-4-6-30(7-5-29)23(32)16-11-26-10-15(16)14-2-3-17(24)18(25)9-14/h2-3,9,12-13,15-16,19,26,31H,4-8,10-11H2,1H3/t13-,15+,16-,19-/m1/s1. The maximum absolute atomic E-state index is 13.4. The quantitative estimate of drug-likeness (QED) is 0.709. The van der Waals surface area contributed by atoms with Gasteiger partial charge in [0.1, 0.15) is 12.1 Å². The van der Waals surface area contributed by atoms with Gasteiger partial charge < -0.3 is 20.2 Å². The second kappa shape index (κ2) is 8.78. The van der Waals surface area contributed by atoms with Gasteiger partial charge in [0, 0.05) is 50.7 Å². The van der Waals surface area contributed by atoms with Crippen LogP contribution in [0.1, 0.15) is 48.1 Å². The van der Waals surface area contributed by atoms with E-state index in [9.17, 15) is 9.90 Å². The summed E-state index contributed by atoms with van der Waals surface area (Å²) in [4.78, 5) is 26.5. The van der Waals surface area contributed by atoms with Crippen LogP contribution in [-0.2, 0) is 4.79 Å². The highest BCUT2D eigenvalue weighted by Gasteiger charge is 2.38. The molecule has 4 atom stereocenters. The molecule has 1 aromatic heterocycles. The second-order valence-corrected chi connectivity index (χ2v) is 9.82. The van der Waals surface area contributed by atoms with Gasteiger partial charge in [-0.05, 0) is 30.0 Å². The number of piperazine rings is 1. The zero-order chi connectivity index (χ0) is 22.4. The van der Waals surface area contributed by atoms with Crippen LogP contribution in [0.15, 0.2) is 24.5 Å². The smallest absolute Gasteiger partial charge is 0.227 e. The van der Waals surface area contributed by atoms with Crippen LogP contribution in [0.4, 0.5) is 5.82 Å². The molecule has 7 nitrogen and oxygen atoms in total. The fraction of sp³-hybridized carbons (Fsp3) is 0.522. The van der Waals surface area contributed by atoms with Crippen LogP contribution in [0.5, 0.6) is 0 Å². The van der Waals surface area contributed by atoms with E-state index in [1.165, 1.54) is 0 Å². The number of benzene rings is 1. The molecule has 2 fully saturated rings. The van der Waals surface area contributed by atoms with Crippen molar-refractivity contribution in [2.75, 3.05) is 44.2 Å². The van der Waals surface area contributed by atoms with Crippen molar-refractivity contribution in [2.24, 2.45) is 5.92 Å². The van der Waals surface area contributed by atoms with Crippen molar-refractivity contribution in [2.45, 2.75) is 31.3 Å². The molecule has 32 heavy (non-hydrogen) atoms. The first kappa shape index (κ1) is 21.9. The first-order valence-corrected chi connectivity index (χ1v) is 11.9. The monoisotopic (exact) mass is 475 g/mol. The van der Waals surface area contributed by atoms with E-state index in [-0.39, 0.29) is 23.7 Å². The number of carbonyl (C=O) groups excluding carboxylic acids is 1. The van der Waals surface area contributed by atoms with Crippen molar-refractivity contribution >= 4 is 34.9 Å². The molecule has 0 bridgehead atoms. The Hall–Kier alpha value is -1.93.